The smallest absolute Gasteiger partial charge is 0.379 e. The fourth-order valence-electron chi connectivity index (χ4n) is 2.00. The first kappa shape index (κ1) is 10.8. The zero-order valence-electron chi connectivity index (χ0n) is 10.4. The molecule has 0 spiro atoms. The van der Waals surface area contributed by atoms with Crippen LogP contribution in [0.25, 0.3) is 17.0 Å². The van der Waals surface area contributed by atoms with Crippen LogP contribution in [0.3, 0.4) is 0 Å². The molecule has 0 aliphatic rings. The predicted molar refractivity (Wildman–Crippen MR) is 68.6 cm³/mol. The van der Waals surface area contributed by atoms with Crippen molar-refractivity contribution < 1.29 is 13.6 Å². The van der Waals surface area contributed by atoms with Crippen molar-refractivity contribution in [1.82, 2.24) is 0 Å². The largest absolute Gasteiger partial charge is 0.497 e. The van der Waals surface area contributed by atoms with E-state index >= 15 is 0 Å². The lowest BCUT2D eigenvalue weighted by Crippen LogP contribution is -2.21. The van der Waals surface area contributed by atoms with Gasteiger partial charge >= 0.3 is 5.71 Å². The molecule has 1 aromatic carbocycles. The molecular formula is C15H14NO2+. The lowest BCUT2D eigenvalue weighted by atomic mass is 10.2. The van der Waals surface area contributed by atoms with Gasteiger partial charge in [-0.15, -0.1) is 4.40 Å². The van der Waals surface area contributed by atoms with E-state index in [1.165, 1.54) is 0 Å². The Labute approximate surface area is 105 Å². The van der Waals surface area contributed by atoms with Gasteiger partial charge in [0.05, 0.1) is 13.2 Å². The van der Waals surface area contributed by atoms with Crippen molar-refractivity contribution in [2.24, 2.45) is 0 Å². The maximum absolute atomic E-state index is 5.83. The number of ether oxygens (including phenoxy) is 1. The van der Waals surface area contributed by atoms with Crippen LogP contribution < -0.4 is 9.14 Å². The second kappa shape index (κ2) is 4.18. The second-order valence-corrected chi connectivity index (χ2v) is 4.20. The molecule has 3 heteroatoms. The molecule has 0 radical (unpaired) electrons. The number of aryl methyl sites for hydroxylation is 1. The van der Waals surface area contributed by atoms with Gasteiger partial charge in [-0.05, 0) is 30.3 Å². The van der Waals surface area contributed by atoms with Gasteiger partial charge in [0, 0.05) is 18.6 Å². The summed E-state index contributed by atoms with van der Waals surface area (Å²) in [7, 11) is 1.66. The number of rotatable bonds is 2. The molecule has 3 rings (SSSR count). The zero-order chi connectivity index (χ0) is 12.5. The Hall–Kier alpha value is -2.29. The maximum atomic E-state index is 5.83. The van der Waals surface area contributed by atoms with Crippen molar-refractivity contribution in [3.05, 3.63) is 54.4 Å². The lowest BCUT2D eigenvalue weighted by molar-refractivity contribution is -0.521. The molecule has 2 aromatic heterocycles. The van der Waals surface area contributed by atoms with Gasteiger partial charge in [0.1, 0.15) is 5.75 Å². The first-order valence-electron chi connectivity index (χ1n) is 5.83. The molecule has 0 saturated heterocycles. The summed E-state index contributed by atoms with van der Waals surface area (Å²) < 4.78 is 13.0. The summed E-state index contributed by atoms with van der Waals surface area (Å²) in [5.74, 6) is 1.70. The topological polar surface area (TPSA) is 26.5 Å². The summed E-state index contributed by atoms with van der Waals surface area (Å²) in [6, 6.07) is 13.9. The zero-order valence-corrected chi connectivity index (χ0v) is 10.4. The van der Waals surface area contributed by atoms with Gasteiger partial charge in [-0.1, -0.05) is 0 Å². The minimum atomic E-state index is 0.846. The molecule has 0 aliphatic heterocycles. The van der Waals surface area contributed by atoms with E-state index in [-0.39, 0.29) is 0 Å². The molecule has 0 fully saturated rings. The highest BCUT2D eigenvalue weighted by Crippen LogP contribution is 2.22. The van der Waals surface area contributed by atoms with E-state index in [1.807, 2.05) is 47.0 Å². The van der Waals surface area contributed by atoms with Crippen LogP contribution in [0.5, 0.6) is 5.75 Å². The number of benzene rings is 1. The van der Waals surface area contributed by atoms with E-state index in [0.29, 0.717) is 0 Å². The van der Waals surface area contributed by atoms with Crippen molar-refractivity contribution in [2.45, 2.75) is 6.92 Å². The van der Waals surface area contributed by atoms with Crippen LogP contribution in [-0.2, 0) is 0 Å². The Morgan fingerprint density at radius 1 is 1.06 bits per heavy atom. The molecular weight excluding hydrogens is 226 g/mol. The highest BCUT2D eigenvalue weighted by molar-refractivity contribution is 5.58. The minimum absolute atomic E-state index is 0.846. The van der Waals surface area contributed by atoms with Crippen molar-refractivity contribution in [3.63, 3.8) is 0 Å². The van der Waals surface area contributed by atoms with E-state index in [0.717, 1.165) is 28.5 Å². The Morgan fingerprint density at radius 2 is 1.83 bits per heavy atom. The average molecular weight is 240 g/mol. The van der Waals surface area contributed by atoms with Crippen LogP contribution in [0.1, 0.15) is 5.69 Å². The maximum Gasteiger partial charge on any atom is 0.379 e. The number of hydrogen-bond donors (Lipinski definition) is 0. The second-order valence-electron chi connectivity index (χ2n) is 4.20. The van der Waals surface area contributed by atoms with Gasteiger partial charge in [0.2, 0.25) is 12.0 Å². The van der Waals surface area contributed by atoms with Crippen LogP contribution in [0.2, 0.25) is 0 Å². The van der Waals surface area contributed by atoms with Crippen LogP contribution >= 0.6 is 0 Å². The van der Waals surface area contributed by atoms with Crippen molar-refractivity contribution in [2.75, 3.05) is 7.11 Å². The van der Waals surface area contributed by atoms with Gasteiger partial charge in [0.25, 0.3) is 0 Å². The molecule has 3 aromatic rings. The minimum Gasteiger partial charge on any atom is -0.497 e. The Morgan fingerprint density at radius 3 is 2.50 bits per heavy atom. The highest BCUT2D eigenvalue weighted by atomic mass is 16.5. The van der Waals surface area contributed by atoms with Crippen LogP contribution in [-0.4, -0.2) is 7.11 Å². The van der Waals surface area contributed by atoms with Crippen molar-refractivity contribution in [1.29, 1.82) is 0 Å². The molecule has 0 amide bonds. The molecule has 0 saturated carbocycles. The fraction of sp³-hybridized carbons (Fsp3) is 0.133. The molecule has 3 nitrogen and oxygen atoms in total. The molecule has 0 N–H and O–H groups in total. The highest BCUT2D eigenvalue weighted by Gasteiger charge is 2.14. The van der Waals surface area contributed by atoms with Gasteiger partial charge in [-0.2, -0.15) is 0 Å². The number of aromatic nitrogens is 1. The summed E-state index contributed by atoms with van der Waals surface area (Å²) in [5, 5.41) is 0. The monoisotopic (exact) mass is 240 g/mol. The molecule has 0 atom stereocenters. The number of methoxy groups -OCH3 is 1. The van der Waals surface area contributed by atoms with Gasteiger partial charge in [-0.25, -0.2) is 0 Å². The van der Waals surface area contributed by atoms with E-state index in [4.69, 9.17) is 9.15 Å². The summed E-state index contributed by atoms with van der Waals surface area (Å²) >= 11 is 0. The Balaban J connectivity index is 2.10. The third kappa shape index (κ3) is 1.74. The van der Waals surface area contributed by atoms with Crippen LogP contribution in [0.4, 0.5) is 0 Å². The number of hydrogen-bond acceptors (Lipinski definition) is 2. The normalized spacial score (nSPS) is 10.8. The molecule has 0 aliphatic carbocycles. The Kier molecular flexibility index (Phi) is 2.52. The van der Waals surface area contributed by atoms with E-state index < -0.39 is 0 Å². The Bertz CT molecular complexity index is 683. The first-order chi connectivity index (χ1) is 8.78. The SMILES string of the molecule is COc1ccc(-c2c[n+]3c(C)cccc3o2)cc1. The summed E-state index contributed by atoms with van der Waals surface area (Å²) in [6.07, 6.45) is 2.01. The lowest BCUT2D eigenvalue weighted by Gasteiger charge is -1.98. The molecule has 2 heterocycles. The van der Waals surface area contributed by atoms with Crippen LogP contribution in [0.15, 0.2) is 53.1 Å². The third-order valence-electron chi connectivity index (χ3n) is 3.03. The molecule has 18 heavy (non-hydrogen) atoms. The van der Waals surface area contributed by atoms with Gasteiger partial charge < -0.3 is 9.15 Å². The molecule has 0 unspecified atom stereocenters. The predicted octanol–water partition coefficient (Wildman–Crippen LogP) is 3.00. The summed E-state index contributed by atoms with van der Waals surface area (Å²) in [4.78, 5) is 0. The molecule has 0 bridgehead atoms. The first-order valence-corrected chi connectivity index (χ1v) is 5.83. The molecule has 90 valence electrons. The fourth-order valence-corrected chi connectivity index (χ4v) is 2.00. The van der Waals surface area contributed by atoms with E-state index in [9.17, 15) is 0 Å². The third-order valence-corrected chi connectivity index (χ3v) is 3.03. The van der Waals surface area contributed by atoms with Crippen LogP contribution in [0, 0.1) is 6.92 Å². The average Bonchev–Trinajstić information content (AvgIpc) is 2.84. The quantitative estimate of drug-likeness (QED) is 0.644. The summed E-state index contributed by atoms with van der Waals surface area (Å²) in [5.41, 5.74) is 3.04. The number of fused-ring (bicyclic) bond motifs is 1. The standard InChI is InChI=1S/C15H14NO2/c1-11-4-3-5-15-16(11)10-14(18-15)12-6-8-13(17-2)9-7-12/h3-10H,1-2H3/q+1. The van der Waals surface area contributed by atoms with Crippen molar-refractivity contribution in [3.8, 4) is 17.1 Å². The number of pyridine rings is 1. The van der Waals surface area contributed by atoms with Crippen molar-refractivity contribution >= 4 is 5.71 Å². The van der Waals surface area contributed by atoms with Gasteiger partial charge in [-0.3, -0.25) is 0 Å². The van der Waals surface area contributed by atoms with Gasteiger partial charge in [0.15, 0.2) is 5.69 Å². The number of nitrogens with zero attached hydrogens (tertiary/aromatic N) is 1. The van der Waals surface area contributed by atoms with E-state index in [1.54, 1.807) is 7.11 Å². The summed E-state index contributed by atoms with van der Waals surface area (Å²) in [6.45, 7) is 2.06. The number of oxazole rings is 1. The van der Waals surface area contributed by atoms with E-state index in [2.05, 4.69) is 13.0 Å².